The quantitative estimate of drug-likeness (QED) is 0.790. The Morgan fingerprint density at radius 2 is 1.50 bits per heavy atom. The maximum absolute atomic E-state index is 5.82. The molecule has 0 aromatic heterocycles. The van der Waals surface area contributed by atoms with E-state index in [4.69, 9.17) is 5.73 Å². The van der Waals surface area contributed by atoms with Gasteiger partial charge in [0.15, 0.2) is 0 Å². The van der Waals surface area contributed by atoms with Gasteiger partial charge in [-0.3, -0.25) is 0 Å². The summed E-state index contributed by atoms with van der Waals surface area (Å²) in [4.78, 5) is 0. The van der Waals surface area contributed by atoms with Gasteiger partial charge in [-0.25, -0.2) is 0 Å². The molecule has 2 aromatic carbocycles. The van der Waals surface area contributed by atoms with Crippen molar-refractivity contribution in [2.24, 2.45) is 5.73 Å². The molecule has 0 bridgehead atoms. The average molecular weight is 309 g/mol. The largest absolute Gasteiger partial charge is 0.402 e. The van der Waals surface area contributed by atoms with Gasteiger partial charge in [-0.05, 0) is 41.5 Å². The van der Waals surface area contributed by atoms with E-state index in [1.807, 2.05) is 54.6 Å². The first-order chi connectivity index (χ1) is 11.8. The Bertz CT molecular complexity index is 867. The van der Waals surface area contributed by atoms with Crippen molar-refractivity contribution in [2.75, 3.05) is 0 Å². The van der Waals surface area contributed by atoms with Crippen molar-refractivity contribution < 1.29 is 0 Å². The number of allylic oxidation sites excluding steroid dienone is 6. The highest BCUT2D eigenvalue weighted by molar-refractivity contribution is 5.57. The number of rotatable bonds is 2. The third-order valence-corrected chi connectivity index (χ3v) is 3.66. The lowest BCUT2D eigenvalue weighted by Gasteiger charge is -1.95. The molecule has 0 saturated heterocycles. The number of nitrogens with two attached hydrogens (primary N) is 1. The summed E-state index contributed by atoms with van der Waals surface area (Å²) in [5, 5.41) is 0. The minimum atomic E-state index is 0.808. The first-order valence-electron chi connectivity index (χ1n) is 7.98. The van der Waals surface area contributed by atoms with Crippen LogP contribution in [0.25, 0.3) is 6.08 Å². The number of benzene rings is 2. The van der Waals surface area contributed by atoms with E-state index < -0.39 is 0 Å². The standard InChI is InChI=1S/C23H19N/c24-23-8-4-7-20(17-18-23)10-12-22-15-13-21(14-16-22)11-9-19-5-2-1-3-6-19/h1-7,10,12-18H,8,24H2. The van der Waals surface area contributed by atoms with Gasteiger partial charge in [-0.2, -0.15) is 0 Å². The predicted molar refractivity (Wildman–Crippen MR) is 102 cm³/mol. The third-order valence-electron chi connectivity index (χ3n) is 3.66. The van der Waals surface area contributed by atoms with Crippen LogP contribution >= 0.6 is 0 Å². The first-order valence-corrected chi connectivity index (χ1v) is 7.98. The summed E-state index contributed by atoms with van der Waals surface area (Å²) in [5.74, 6) is 6.36. The average Bonchev–Trinajstić information content (AvgIpc) is 2.84. The molecule has 2 aromatic rings. The van der Waals surface area contributed by atoms with Crippen molar-refractivity contribution in [3.05, 3.63) is 113 Å². The molecular weight excluding hydrogens is 290 g/mol. The Morgan fingerprint density at radius 1 is 0.792 bits per heavy atom. The summed E-state index contributed by atoms with van der Waals surface area (Å²) in [6, 6.07) is 18.3. The molecule has 0 unspecified atom stereocenters. The normalized spacial score (nSPS) is 13.7. The Kier molecular flexibility index (Phi) is 5.12. The van der Waals surface area contributed by atoms with Crippen LogP contribution in [-0.4, -0.2) is 0 Å². The molecule has 0 heterocycles. The third kappa shape index (κ3) is 4.63. The van der Waals surface area contributed by atoms with E-state index in [9.17, 15) is 0 Å². The Balaban J connectivity index is 1.69. The van der Waals surface area contributed by atoms with Gasteiger partial charge in [0.2, 0.25) is 0 Å². The Morgan fingerprint density at radius 3 is 2.25 bits per heavy atom. The number of hydrogen-bond acceptors (Lipinski definition) is 1. The topological polar surface area (TPSA) is 26.0 Å². The van der Waals surface area contributed by atoms with Crippen LogP contribution in [0.1, 0.15) is 23.1 Å². The number of hydrogen-bond donors (Lipinski definition) is 1. The monoisotopic (exact) mass is 309 g/mol. The van der Waals surface area contributed by atoms with E-state index >= 15 is 0 Å². The van der Waals surface area contributed by atoms with Crippen LogP contribution in [-0.2, 0) is 0 Å². The van der Waals surface area contributed by atoms with E-state index in [0.29, 0.717) is 0 Å². The lowest BCUT2D eigenvalue weighted by atomic mass is 10.1. The van der Waals surface area contributed by atoms with E-state index in [0.717, 1.165) is 34.4 Å². The Hall–Kier alpha value is -3.24. The van der Waals surface area contributed by atoms with Gasteiger partial charge in [0.25, 0.3) is 0 Å². The summed E-state index contributed by atoms with van der Waals surface area (Å²) >= 11 is 0. The van der Waals surface area contributed by atoms with Crippen LogP contribution in [0.4, 0.5) is 0 Å². The molecular formula is C23H19N. The van der Waals surface area contributed by atoms with Crippen LogP contribution < -0.4 is 5.73 Å². The highest BCUT2D eigenvalue weighted by Crippen LogP contribution is 2.12. The minimum absolute atomic E-state index is 0.808. The fourth-order valence-corrected chi connectivity index (χ4v) is 2.30. The zero-order valence-corrected chi connectivity index (χ0v) is 13.4. The fraction of sp³-hybridized carbons (Fsp3) is 0.0435. The maximum Gasteiger partial charge on any atom is 0.0249 e. The molecule has 0 amide bonds. The molecule has 0 atom stereocenters. The van der Waals surface area contributed by atoms with Crippen molar-refractivity contribution in [2.45, 2.75) is 6.42 Å². The van der Waals surface area contributed by atoms with Crippen molar-refractivity contribution in [1.82, 2.24) is 0 Å². The predicted octanol–water partition coefficient (Wildman–Crippen LogP) is 4.83. The molecule has 0 saturated carbocycles. The van der Waals surface area contributed by atoms with Gasteiger partial charge in [0.1, 0.15) is 0 Å². The van der Waals surface area contributed by atoms with E-state index in [2.05, 4.69) is 48.3 Å². The van der Waals surface area contributed by atoms with Crippen LogP contribution in [0.3, 0.4) is 0 Å². The fourth-order valence-electron chi connectivity index (χ4n) is 2.30. The van der Waals surface area contributed by atoms with Crippen LogP contribution in [0.15, 0.2) is 96.2 Å². The van der Waals surface area contributed by atoms with Crippen molar-refractivity contribution in [3.63, 3.8) is 0 Å². The second kappa shape index (κ2) is 7.85. The summed E-state index contributed by atoms with van der Waals surface area (Å²) in [5.41, 5.74) is 11.0. The van der Waals surface area contributed by atoms with Gasteiger partial charge in [-0.15, -0.1) is 0 Å². The van der Waals surface area contributed by atoms with E-state index in [1.165, 1.54) is 0 Å². The molecule has 0 fully saturated rings. The van der Waals surface area contributed by atoms with Crippen molar-refractivity contribution >= 4 is 6.08 Å². The maximum atomic E-state index is 5.82. The SMILES string of the molecule is NC1=CC=C(C=Cc2ccc(C#Cc3ccccc3)cc2)C=CC1. The molecule has 24 heavy (non-hydrogen) atoms. The van der Waals surface area contributed by atoms with Crippen LogP contribution in [0.2, 0.25) is 0 Å². The highest BCUT2D eigenvalue weighted by Gasteiger charge is 1.94. The van der Waals surface area contributed by atoms with Crippen LogP contribution in [0.5, 0.6) is 0 Å². The zero-order valence-electron chi connectivity index (χ0n) is 13.4. The zero-order chi connectivity index (χ0) is 16.6. The molecule has 0 radical (unpaired) electrons. The first kappa shape index (κ1) is 15.6. The van der Waals surface area contributed by atoms with Crippen molar-refractivity contribution in [1.29, 1.82) is 0 Å². The summed E-state index contributed by atoms with van der Waals surface area (Å²) in [6.07, 6.45) is 13.2. The summed E-state index contributed by atoms with van der Waals surface area (Å²) in [7, 11) is 0. The Labute approximate surface area is 143 Å². The van der Waals surface area contributed by atoms with E-state index in [-0.39, 0.29) is 0 Å². The van der Waals surface area contributed by atoms with Crippen molar-refractivity contribution in [3.8, 4) is 11.8 Å². The van der Waals surface area contributed by atoms with Gasteiger partial charge in [-0.1, -0.05) is 72.6 Å². The molecule has 1 aliphatic rings. The molecule has 116 valence electrons. The second-order valence-electron chi connectivity index (χ2n) is 5.59. The van der Waals surface area contributed by atoms with Gasteiger partial charge in [0, 0.05) is 23.2 Å². The second-order valence-corrected chi connectivity index (χ2v) is 5.59. The molecule has 1 aliphatic carbocycles. The van der Waals surface area contributed by atoms with Crippen LogP contribution in [0, 0.1) is 11.8 Å². The molecule has 1 heteroatoms. The minimum Gasteiger partial charge on any atom is -0.402 e. The summed E-state index contributed by atoms with van der Waals surface area (Å²) in [6.45, 7) is 0. The molecule has 3 rings (SSSR count). The smallest absolute Gasteiger partial charge is 0.0249 e. The van der Waals surface area contributed by atoms with Gasteiger partial charge >= 0.3 is 0 Å². The molecule has 0 spiro atoms. The molecule has 2 N–H and O–H groups in total. The molecule has 1 nitrogen and oxygen atoms in total. The lowest BCUT2D eigenvalue weighted by Crippen LogP contribution is -1.92. The summed E-state index contributed by atoms with van der Waals surface area (Å²) < 4.78 is 0. The highest BCUT2D eigenvalue weighted by atomic mass is 14.6. The van der Waals surface area contributed by atoms with E-state index in [1.54, 1.807) is 0 Å². The van der Waals surface area contributed by atoms with Gasteiger partial charge < -0.3 is 5.73 Å². The molecule has 0 aliphatic heterocycles. The van der Waals surface area contributed by atoms with Gasteiger partial charge in [0.05, 0.1) is 0 Å². The lowest BCUT2D eigenvalue weighted by molar-refractivity contribution is 1.17.